The highest BCUT2D eigenvalue weighted by Crippen LogP contribution is 2.25. The van der Waals surface area contributed by atoms with Crippen LogP contribution in [0.15, 0.2) is 36.4 Å². The Balaban J connectivity index is 1.62. The Hall–Kier alpha value is -3.55. The molecular weight excluding hydrogens is 411 g/mol. The van der Waals surface area contributed by atoms with Crippen molar-refractivity contribution < 1.29 is 18.7 Å². The molecule has 1 aliphatic rings. The molecule has 0 N–H and O–H groups in total. The number of anilines is 1. The van der Waals surface area contributed by atoms with Gasteiger partial charge in [-0.25, -0.2) is 19.2 Å². The monoisotopic (exact) mass is 436 g/mol. The van der Waals surface area contributed by atoms with E-state index in [2.05, 4.69) is 4.98 Å². The Labute approximate surface area is 185 Å². The number of hydrogen-bond donors (Lipinski definition) is 0. The van der Waals surface area contributed by atoms with E-state index in [9.17, 15) is 14.0 Å². The van der Waals surface area contributed by atoms with Crippen LogP contribution in [-0.2, 0) is 4.74 Å². The number of nitrogens with zero attached hydrogens (tertiary/aromatic N) is 4. The Kier molecular flexibility index (Phi) is 6.03. The highest BCUT2D eigenvalue weighted by Gasteiger charge is 2.28. The van der Waals surface area contributed by atoms with Gasteiger partial charge in [-0.3, -0.25) is 4.79 Å². The Morgan fingerprint density at radius 1 is 1.00 bits per heavy atom. The van der Waals surface area contributed by atoms with Crippen LogP contribution >= 0.6 is 0 Å². The number of carbonyl (C=O) groups is 2. The number of rotatable bonds is 4. The highest BCUT2D eigenvalue weighted by molar-refractivity contribution is 5.96. The van der Waals surface area contributed by atoms with Crippen LogP contribution in [0.25, 0.3) is 11.0 Å². The fourth-order valence-corrected chi connectivity index (χ4v) is 3.79. The van der Waals surface area contributed by atoms with Gasteiger partial charge in [0.2, 0.25) is 0 Å². The van der Waals surface area contributed by atoms with Gasteiger partial charge in [0.25, 0.3) is 5.91 Å². The van der Waals surface area contributed by atoms with Gasteiger partial charge < -0.3 is 14.5 Å². The number of benzene rings is 2. The molecule has 32 heavy (non-hydrogen) atoms. The van der Waals surface area contributed by atoms with Gasteiger partial charge >= 0.3 is 5.97 Å². The molecule has 0 atom stereocenters. The van der Waals surface area contributed by atoms with Crippen LogP contribution in [0.4, 0.5) is 10.2 Å². The lowest BCUT2D eigenvalue weighted by molar-refractivity contribution is 0.0519. The highest BCUT2D eigenvalue weighted by atomic mass is 19.1. The molecule has 2 aromatic carbocycles. The van der Waals surface area contributed by atoms with Crippen LogP contribution < -0.4 is 4.90 Å². The van der Waals surface area contributed by atoms with Crippen LogP contribution in [0.1, 0.15) is 38.9 Å². The topological polar surface area (TPSA) is 75.6 Å². The van der Waals surface area contributed by atoms with E-state index in [1.165, 1.54) is 12.1 Å². The normalized spacial score (nSPS) is 14.0. The van der Waals surface area contributed by atoms with Gasteiger partial charge in [-0.2, -0.15) is 0 Å². The lowest BCUT2D eigenvalue weighted by atomic mass is 10.1. The Bertz CT molecular complexity index is 1190. The second kappa shape index (κ2) is 8.90. The van der Waals surface area contributed by atoms with Crippen LogP contribution in [0.2, 0.25) is 0 Å². The van der Waals surface area contributed by atoms with Gasteiger partial charge in [0.15, 0.2) is 11.5 Å². The zero-order valence-electron chi connectivity index (χ0n) is 18.4. The van der Waals surface area contributed by atoms with Crippen molar-refractivity contribution in [2.75, 3.05) is 37.7 Å². The zero-order valence-corrected chi connectivity index (χ0v) is 18.4. The smallest absolute Gasteiger partial charge is 0.360 e. The molecule has 3 aromatic rings. The summed E-state index contributed by atoms with van der Waals surface area (Å²) >= 11 is 0. The summed E-state index contributed by atoms with van der Waals surface area (Å²) < 4.78 is 19.3. The first-order valence-electron chi connectivity index (χ1n) is 10.6. The average molecular weight is 436 g/mol. The van der Waals surface area contributed by atoms with Gasteiger partial charge in [0, 0.05) is 26.2 Å². The Morgan fingerprint density at radius 3 is 2.25 bits per heavy atom. The third-order valence-electron chi connectivity index (χ3n) is 5.70. The van der Waals surface area contributed by atoms with Crippen molar-refractivity contribution in [3.05, 3.63) is 64.6 Å². The average Bonchev–Trinajstić information content (AvgIpc) is 2.79. The molecule has 7 nitrogen and oxygen atoms in total. The third kappa shape index (κ3) is 4.12. The number of amides is 1. The summed E-state index contributed by atoms with van der Waals surface area (Å²) in [6.07, 6.45) is 0. The van der Waals surface area contributed by atoms with E-state index < -0.39 is 11.8 Å². The molecule has 4 rings (SSSR count). The minimum absolute atomic E-state index is 0.0597. The second-order valence-electron chi connectivity index (χ2n) is 7.80. The molecule has 1 aromatic heterocycles. The standard InChI is InChI=1S/C24H25FN4O3/c1-4-32-24(31)21-22(27-20-14-16(3)15(2)13-19(20)26-21)28-9-11-29(12-10-28)23(30)17-7-5-6-8-18(17)25/h5-8,13-14H,4,9-12H2,1-3H3. The minimum Gasteiger partial charge on any atom is -0.461 e. The summed E-state index contributed by atoms with van der Waals surface area (Å²) in [5.74, 6) is -0.961. The molecule has 0 aliphatic carbocycles. The van der Waals surface area contributed by atoms with Crippen LogP contribution in [-0.4, -0.2) is 59.5 Å². The first kappa shape index (κ1) is 21.7. The molecular formula is C24H25FN4O3. The second-order valence-corrected chi connectivity index (χ2v) is 7.80. The maximum absolute atomic E-state index is 14.0. The summed E-state index contributed by atoms with van der Waals surface area (Å²) in [5, 5.41) is 0. The van der Waals surface area contributed by atoms with Gasteiger partial charge in [-0.1, -0.05) is 12.1 Å². The number of esters is 1. The molecule has 0 unspecified atom stereocenters. The van der Waals surface area contributed by atoms with Crippen molar-refractivity contribution in [1.29, 1.82) is 0 Å². The van der Waals surface area contributed by atoms with Crippen molar-refractivity contribution in [2.45, 2.75) is 20.8 Å². The first-order valence-corrected chi connectivity index (χ1v) is 10.6. The zero-order chi connectivity index (χ0) is 22.8. The van der Waals surface area contributed by atoms with E-state index in [0.717, 1.165) is 11.1 Å². The fourth-order valence-electron chi connectivity index (χ4n) is 3.79. The maximum atomic E-state index is 14.0. The number of carbonyl (C=O) groups excluding carboxylic acids is 2. The predicted molar refractivity (Wildman–Crippen MR) is 119 cm³/mol. The van der Waals surface area contributed by atoms with E-state index >= 15 is 0 Å². The fraction of sp³-hybridized carbons (Fsp3) is 0.333. The number of aryl methyl sites for hydroxylation is 2. The number of hydrogen-bond acceptors (Lipinski definition) is 6. The van der Waals surface area contributed by atoms with E-state index in [-0.39, 0.29) is 23.8 Å². The van der Waals surface area contributed by atoms with Crippen molar-refractivity contribution in [3.63, 3.8) is 0 Å². The number of piperazine rings is 1. The van der Waals surface area contributed by atoms with Gasteiger partial charge in [-0.05, 0) is 56.2 Å². The van der Waals surface area contributed by atoms with Crippen LogP contribution in [0.5, 0.6) is 0 Å². The van der Waals surface area contributed by atoms with Crippen molar-refractivity contribution in [1.82, 2.24) is 14.9 Å². The van der Waals surface area contributed by atoms with E-state index in [0.29, 0.717) is 43.0 Å². The van der Waals surface area contributed by atoms with Crippen LogP contribution in [0, 0.1) is 19.7 Å². The number of fused-ring (bicyclic) bond motifs is 1. The molecule has 0 bridgehead atoms. The van der Waals surface area contributed by atoms with Crippen molar-refractivity contribution in [2.24, 2.45) is 0 Å². The summed E-state index contributed by atoms with van der Waals surface area (Å²) in [6.45, 7) is 7.60. The molecule has 1 amide bonds. The molecule has 1 fully saturated rings. The largest absolute Gasteiger partial charge is 0.461 e. The SMILES string of the molecule is CCOC(=O)c1nc2cc(C)c(C)cc2nc1N1CCN(C(=O)c2ccccc2F)CC1. The van der Waals surface area contributed by atoms with Crippen molar-refractivity contribution in [3.8, 4) is 0 Å². The van der Waals surface area contributed by atoms with E-state index in [1.807, 2.05) is 30.9 Å². The van der Waals surface area contributed by atoms with E-state index in [1.54, 1.807) is 24.0 Å². The molecule has 0 radical (unpaired) electrons. The third-order valence-corrected chi connectivity index (χ3v) is 5.70. The quantitative estimate of drug-likeness (QED) is 0.583. The van der Waals surface area contributed by atoms with Gasteiger partial charge in [0.05, 0.1) is 23.2 Å². The Morgan fingerprint density at radius 2 is 1.62 bits per heavy atom. The van der Waals surface area contributed by atoms with Gasteiger partial charge in [-0.15, -0.1) is 0 Å². The molecule has 0 spiro atoms. The molecule has 1 aliphatic heterocycles. The van der Waals surface area contributed by atoms with Crippen molar-refractivity contribution >= 4 is 28.7 Å². The summed E-state index contributed by atoms with van der Waals surface area (Å²) in [7, 11) is 0. The minimum atomic E-state index is -0.532. The maximum Gasteiger partial charge on any atom is 0.360 e. The molecule has 8 heteroatoms. The lowest BCUT2D eigenvalue weighted by Crippen LogP contribution is -2.49. The molecule has 2 heterocycles. The number of ether oxygens (including phenoxy) is 1. The van der Waals surface area contributed by atoms with Gasteiger partial charge in [0.1, 0.15) is 5.82 Å². The molecule has 166 valence electrons. The lowest BCUT2D eigenvalue weighted by Gasteiger charge is -2.36. The number of halogens is 1. The summed E-state index contributed by atoms with van der Waals surface area (Å²) in [5.41, 5.74) is 3.70. The van der Waals surface area contributed by atoms with Crippen LogP contribution in [0.3, 0.4) is 0 Å². The first-order chi connectivity index (χ1) is 15.4. The molecule has 1 saturated heterocycles. The van der Waals surface area contributed by atoms with E-state index in [4.69, 9.17) is 9.72 Å². The molecule has 0 saturated carbocycles. The number of aromatic nitrogens is 2. The summed E-state index contributed by atoms with van der Waals surface area (Å²) in [4.78, 5) is 38.2. The summed E-state index contributed by atoms with van der Waals surface area (Å²) in [6, 6.07) is 9.84. The predicted octanol–water partition coefficient (Wildman–Crippen LogP) is 3.52.